The highest BCUT2D eigenvalue weighted by Crippen LogP contribution is 2.13. The van der Waals surface area contributed by atoms with Crippen molar-refractivity contribution in [3.8, 4) is 0 Å². The molecule has 1 atom stereocenters. The SMILES string of the molecule is CN=C(NCc1nccn1Cc1ccccc1)N(C)CC1CCOC1.I. The first kappa shape index (κ1) is 20.7. The summed E-state index contributed by atoms with van der Waals surface area (Å²) in [4.78, 5) is 11.1. The van der Waals surface area contributed by atoms with Crippen molar-refractivity contribution in [2.45, 2.75) is 19.5 Å². The van der Waals surface area contributed by atoms with Gasteiger partial charge >= 0.3 is 0 Å². The summed E-state index contributed by atoms with van der Waals surface area (Å²) >= 11 is 0. The highest BCUT2D eigenvalue weighted by Gasteiger charge is 2.19. The van der Waals surface area contributed by atoms with Gasteiger partial charge in [-0.3, -0.25) is 4.99 Å². The van der Waals surface area contributed by atoms with Crippen LogP contribution >= 0.6 is 24.0 Å². The zero-order valence-electron chi connectivity index (χ0n) is 15.5. The van der Waals surface area contributed by atoms with Gasteiger partial charge in [0.1, 0.15) is 5.82 Å². The predicted octanol–water partition coefficient (Wildman–Crippen LogP) is 2.59. The minimum Gasteiger partial charge on any atom is -0.381 e. The van der Waals surface area contributed by atoms with Crippen molar-refractivity contribution in [1.82, 2.24) is 19.8 Å². The van der Waals surface area contributed by atoms with Crippen molar-refractivity contribution >= 4 is 29.9 Å². The molecule has 1 aliphatic rings. The number of aliphatic imine (C=N–C) groups is 1. The van der Waals surface area contributed by atoms with Gasteiger partial charge in [-0.05, 0) is 12.0 Å². The quantitative estimate of drug-likeness (QED) is 0.402. The summed E-state index contributed by atoms with van der Waals surface area (Å²) in [6.07, 6.45) is 5.00. The molecule has 142 valence electrons. The average molecular weight is 469 g/mol. The standard InChI is InChI=1S/C19H27N5O.HI/c1-20-19(23(2)13-17-8-11-25-15-17)22-12-18-21-9-10-24(18)14-16-6-4-3-5-7-16;/h3-7,9-10,17H,8,11-15H2,1-2H3,(H,20,22);1H. The van der Waals surface area contributed by atoms with E-state index in [0.29, 0.717) is 12.5 Å². The van der Waals surface area contributed by atoms with Gasteiger partial charge in [-0.2, -0.15) is 0 Å². The number of nitrogens with one attached hydrogen (secondary N) is 1. The van der Waals surface area contributed by atoms with Crippen molar-refractivity contribution in [3.63, 3.8) is 0 Å². The van der Waals surface area contributed by atoms with Crippen LogP contribution < -0.4 is 5.32 Å². The van der Waals surface area contributed by atoms with Crippen molar-refractivity contribution in [3.05, 3.63) is 54.1 Å². The number of hydrogen-bond acceptors (Lipinski definition) is 3. The van der Waals surface area contributed by atoms with Crippen LogP contribution in [0.25, 0.3) is 0 Å². The van der Waals surface area contributed by atoms with Crippen LogP contribution in [-0.2, 0) is 17.8 Å². The molecule has 0 saturated carbocycles. The molecule has 0 spiro atoms. The normalized spacial score (nSPS) is 17.0. The van der Waals surface area contributed by atoms with Gasteiger partial charge in [0.25, 0.3) is 0 Å². The van der Waals surface area contributed by atoms with E-state index in [-0.39, 0.29) is 24.0 Å². The molecule has 1 aromatic heterocycles. The fraction of sp³-hybridized carbons (Fsp3) is 0.474. The Kier molecular flexibility index (Phi) is 8.37. The number of ether oxygens (including phenoxy) is 1. The third-order valence-electron chi connectivity index (χ3n) is 4.53. The number of aromatic nitrogens is 2. The lowest BCUT2D eigenvalue weighted by Crippen LogP contribution is -2.41. The highest BCUT2D eigenvalue weighted by atomic mass is 127. The van der Waals surface area contributed by atoms with Crippen LogP contribution in [0.4, 0.5) is 0 Å². The summed E-state index contributed by atoms with van der Waals surface area (Å²) in [6.45, 7) is 4.16. The summed E-state index contributed by atoms with van der Waals surface area (Å²) in [7, 11) is 3.89. The zero-order valence-corrected chi connectivity index (χ0v) is 17.8. The van der Waals surface area contributed by atoms with Crippen LogP contribution in [0.2, 0.25) is 0 Å². The van der Waals surface area contributed by atoms with Gasteiger partial charge in [0, 0.05) is 52.1 Å². The van der Waals surface area contributed by atoms with Crippen LogP contribution in [0.1, 0.15) is 17.8 Å². The maximum absolute atomic E-state index is 5.46. The summed E-state index contributed by atoms with van der Waals surface area (Å²) < 4.78 is 7.63. The van der Waals surface area contributed by atoms with E-state index in [4.69, 9.17) is 4.74 Å². The van der Waals surface area contributed by atoms with E-state index in [1.54, 1.807) is 0 Å². The van der Waals surface area contributed by atoms with Crippen molar-refractivity contribution in [2.75, 3.05) is 33.9 Å². The molecular formula is C19H28IN5O. The Balaban J connectivity index is 0.00000243. The van der Waals surface area contributed by atoms with Crippen LogP contribution in [0.3, 0.4) is 0 Å². The molecule has 2 aromatic rings. The summed E-state index contributed by atoms with van der Waals surface area (Å²) in [5.41, 5.74) is 1.27. The maximum atomic E-state index is 5.46. The highest BCUT2D eigenvalue weighted by molar-refractivity contribution is 14.0. The zero-order chi connectivity index (χ0) is 17.5. The molecule has 0 aliphatic carbocycles. The molecule has 26 heavy (non-hydrogen) atoms. The first-order valence-electron chi connectivity index (χ1n) is 8.79. The fourth-order valence-electron chi connectivity index (χ4n) is 3.18. The molecule has 1 saturated heterocycles. The summed E-state index contributed by atoms with van der Waals surface area (Å²) in [5, 5.41) is 3.42. The number of guanidine groups is 1. The third kappa shape index (κ3) is 5.70. The number of rotatable bonds is 6. The van der Waals surface area contributed by atoms with Crippen molar-refractivity contribution in [1.29, 1.82) is 0 Å². The average Bonchev–Trinajstić information content (AvgIpc) is 3.29. The molecule has 1 aromatic carbocycles. The molecular weight excluding hydrogens is 441 g/mol. The number of halogens is 1. The van der Waals surface area contributed by atoms with E-state index in [1.165, 1.54) is 5.56 Å². The summed E-state index contributed by atoms with van der Waals surface area (Å²) in [6, 6.07) is 10.4. The second-order valence-electron chi connectivity index (χ2n) is 6.47. The number of nitrogens with zero attached hydrogens (tertiary/aromatic N) is 4. The molecule has 1 aliphatic heterocycles. The molecule has 0 bridgehead atoms. The van der Waals surface area contributed by atoms with Gasteiger partial charge in [-0.15, -0.1) is 24.0 Å². The van der Waals surface area contributed by atoms with E-state index in [1.807, 2.05) is 25.5 Å². The lowest BCUT2D eigenvalue weighted by atomic mass is 10.1. The molecule has 1 unspecified atom stereocenters. The lowest BCUT2D eigenvalue weighted by molar-refractivity contribution is 0.181. The molecule has 2 heterocycles. The topological polar surface area (TPSA) is 54.7 Å². The Morgan fingerprint density at radius 2 is 2.19 bits per heavy atom. The lowest BCUT2D eigenvalue weighted by Gasteiger charge is -2.24. The fourth-order valence-corrected chi connectivity index (χ4v) is 3.18. The Hall–Kier alpha value is -1.61. The minimum atomic E-state index is 0. The molecule has 1 N–H and O–H groups in total. The van der Waals surface area contributed by atoms with Crippen LogP contribution in [0.5, 0.6) is 0 Å². The van der Waals surface area contributed by atoms with E-state index in [2.05, 4.69) is 56.1 Å². The van der Waals surface area contributed by atoms with Gasteiger partial charge in [-0.1, -0.05) is 30.3 Å². The van der Waals surface area contributed by atoms with Gasteiger partial charge in [0.2, 0.25) is 0 Å². The number of benzene rings is 1. The van der Waals surface area contributed by atoms with Crippen molar-refractivity contribution < 1.29 is 4.74 Å². The van der Waals surface area contributed by atoms with E-state index in [0.717, 1.165) is 44.5 Å². The predicted molar refractivity (Wildman–Crippen MR) is 115 cm³/mol. The van der Waals surface area contributed by atoms with Crippen LogP contribution in [-0.4, -0.2) is 54.3 Å². The van der Waals surface area contributed by atoms with Crippen LogP contribution in [0.15, 0.2) is 47.7 Å². The van der Waals surface area contributed by atoms with Crippen LogP contribution in [0, 0.1) is 5.92 Å². The Morgan fingerprint density at radius 3 is 2.88 bits per heavy atom. The van der Waals surface area contributed by atoms with Gasteiger partial charge < -0.3 is 19.5 Å². The first-order chi connectivity index (χ1) is 12.3. The van der Waals surface area contributed by atoms with Gasteiger partial charge in [-0.25, -0.2) is 4.98 Å². The minimum absolute atomic E-state index is 0. The Morgan fingerprint density at radius 1 is 1.38 bits per heavy atom. The molecule has 0 amide bonds. The molecule has 1 fully saturated rings. The first-order valence-corrected chi connectivity index (χ1v) is 8.79. The number of imidazole rings is 1. The Bertz CT molecular complexity index is 682. The monoisotopic (exact) mass is 469 g/mol. The van der Waals surface area contributed by atoms with E-state index in [9.17, 15) is 0 Å². The van der Waals surface area contributed by atoms with E-state index >= 15 is 0 Å². The third-order valence-corrected chi connectivity index (χ3v) is 4.53. The number of hydrogen-bond donors (Lipinski definition) is 1. The largest absolute Gasteiger partial charge is 0.381 e. The van der Waals surface area contributed by atoms with E-state index < -0.39 is 0 Å². The molecule has 6 nitrogen and oxygen atoms in total. The summed E-state index contributed by atoms with van der Waals surface area (Å²) in [5.74, 6) is 2.48. The molecule has 7 heteroatoms. The molecule has 0 radical (unpaired) electrons. The Labute approximate surface area is 172 Å². The second-order valence-corrected chi connectivity index (χ2v) is 6.47. The molecule has 3 rings (SSSR count). The second kappa shape index (κ2) is 10.5. The van der Waals surface area contributed by atoms with Crippen molar-refractivity contribution in [2.24, 2.45) is 10.9 Å². The van der Waals surface area contributed by atoms with Gasteiger partial charge in [0.15, 0.2) is 5.96 Å². The van der Waals surface area contributed by atoms with Gasteiger partial charge in [0.05, 0.1) is 13.2 Å². The maximum Gasteiger partial charge on any atom is 0.193 e. The smallest absolute Gasteiger partial charge is 0.193 e.